The van der Waals surface area contributed by atoms with Crippen molar-refractivity contribution in [1.82, 2.24) is 0 Å². The Morgan fingerprint density at radius 1 is 1.15 bits per heavy atom. The molecule has 0 N–H and O–H groups in total. The number of hydrogen-bond acceptors (Lipinski definition) is 1. The largest absolute Gasteiger partial charge is 0.377 e. The Hall–Kier alpha value is -0.0400. The molecule has 1 aliphatic carbocycles. The average Bonchev–Trinajstić information content (AvgIpc) is 2.01. The van der Waals surface area contributed by atoms with E-state index in [1.54, 1.807) is 0 Å². The van der Waals surface area contributed by atoms with Crippen LogP contribution >= 0.6 is 0 Å². The molecule has 0 bridgehead atoms. The lowest BCUT2D eigenvalue weighted by molar-refractivity contribution is -0.0361. The molecule has 1 heteroatoms. The highest BCUT2D eigenvalue weighted by Gasteiger charge is 2.23. The molecule has 13 heavy (non-hydrogen) atoms. The molecule has 0 saturated heterocycles. The fraction of sp³-hybridized carbons (Fsp3) is 1.00. The van der Waals surface area contributed by atoms with E-state index in [4.69, 9.17) is 4.74 Å². The van der Waals surface area contributed by atoms with Gasteiger partial charge in [-0.3, -0.25) is 0 Å². The second-order valence-electron chi connectivity index (χ2n) is 5.67. The predicted molar refractivity (Wildman–Crippen MR) is 56.8 cm³/mol. The number of ether oxygens (including phenoxy) is 1. The minimum absolute atomic E-state index is 0.317. The first kappa shape index (κ1) is 11.0. The molecule has 2 atom stereocenters. The summed E-state index contributed by atoms with van der Waals surface area (Å²) in [6, 6.07) is 0. The third-order valence-electron chi connectivity index (χ3n) is 2.76. The fourth-order valence-electron chi connectivity index (χ4n) is 1.89. The first-order valence-electron chi connectivity index (χ1n) is 5.61. The highest BCUT2D eigenvalue weighted by molar-refractivity contribution is 4.73. The van der Waals surface area contributed by atoms with Crippen molar-refractivity contribution >= 4 is 0 Å². The van der Waals surface area contributed by atoms with Crippen LogP contribution in [-0.4, -0.2) is 12.7 Å². The molecule has 0 aromatic rings. The van der Waals surface area contributed by atoms with Gasteiger partial charge in [0.2, 0.25) is 0 Å². The molecule has 1 fully saturated rings. The van der Waals surface area contributed by atoms with Crippen LogP contribution in [0.4, 0.5) is 0 Å². The van der Waals surface area contributed by atoms with Crippen molar-refractivity contribution in [1.29, 1.82) is 0 Å². The molecule has 0 aromatic carbocycles. The van der Waals surface area contributed by atoms with E-state index in [2.05, 4.69) is 27.7 Å². The third-order valence-corrected chi connectivity index (χ3v) is 2.76. The van der Waals surface area contributed by atoms with Gasteiger partial charge in [0.05, 0.1) is 12.7 Å². The number of rotatable bonds is 2. The van der Waals surface area contributed by atoms with Crippen LogP contribution in [0, 0.1) is 11.3 Å². The van der Waals surface area contributed by atoms with E-state index in [-0.39, 0.29) is 0 Å². The maximum absolute atomic E-state index is 5.96. The lowest BCUT2D eigenvalue weighted by Crippen LogP contribution is -2.29. The maximum Gasteiger partial charge on any atom is 0.0600 e. The van der Waals surface area contributed by atoms with E-state index >= 15 is 0 Å². The van der Waals surface area contributed by atoms with Gasteiger partial charge in [-0.05, 0) is 24.2 Å². The molecule has 0 amide bonds. The topological polar surface area (TPSA) is 9.23 Å². The fourth-order valence-corrected chi connectivity index (χ4v) is 1.89. The normalized spacial score (nSPS) is 30.5. The lowest BCUT2D eigenvalue weighted by atomic mass is 9.87. The highest BCUT2D eigenvalue weighted by Crippen LogP contribution is 2.27. The van der Waals surface area contributed by atoms with Gasteiger partial charge >= 0.3 is 0 Å². The zero-order valence-corrected chi connectivity index (χ0v) is 9.60. The summed E-state index contributed by atoms with van der Waals surface area (Å²) in [6.45, 7) is 9.94. The Bertz CT molecular complexity index is 146. The summed E-state index contributed by atoms with van der Waals surface area (Å²) < 4.78 is 5.96. The molecule has 0 aromatic heterocycles. The summed E-state index contributed by atoms with van der Waals surface area (Å²) in [6.07, 6.45) is 5.93. The molecule has 2 unspecified atom stereocenters. The van der Waals surface area contributed by atoms with Gasteiger partial charge in [0.25, 0.3) is 0 Å². The first-order valence-corrected chi connectivity index (χ1v) is 5.61. The zero-order valence-electron chi connectivity index (χ0n) is 9.60. The predicted octanol–water partition coefficient (Wildman–Crippen LogP) is 3.63. The van der Waals surface area contributed by atoms with E-state index in [9.17, 15) is 0 Å². The molecule has 0 spiro atoms. The van der Waals surface area contributed by atoms with Gasteiger partial charge in [-0.1, -0.05) is 40.5 Å². The zero-order chi connectivity index (χ0) is 9.90. The first-order chi connectivity index (χ1) is 5.99. The summed E-state index contributed by atoms with van der Waals surface area (Å²) in [5.74, 6) is 0.774. The molecule has 0 radical (unpaired) electrons. The van der Waals surface area contributed by atoms with Gasteiger partial charge in [-0.2, -0.15) is 0 Å². The standard InChI is InChI=1S/C12H24O/c1-10-7-5-6-8-11(10)13-9-12(2,3)4/h10-11H,5-9H2,1-4H3. The van der Waals surface area contributed by atoms with Gasteiger partial charge < -0.3 is 4.74 Å². The van der Waals surface area contributed by atoms with Gasteiger partial charge in [0.15, 0.2) is 0 Å². The molecule has 0 aliphatic heterocycles. The molecule has 1 nitrogen and oxygen atoms in total. The van der Waals surface area contributed by atoms with Crippen LogP contribution in [-0.2, 0) is 4.74 Å². The third kappa shape index (κ3) is 4.12. The van der Waals surface area contributed by atoms with Crippen LogP contribution in [0.25, 0.3) is 0 Å². The Kier molecular flexibility index (Phi) is 3.78. The van der Waals surface area contributed by atoms with Crippen molar-refractivity contribution in [3.05, 3.63) is 0 Å². The second-order valence-corrected chi connectivity index (χ2v) is 5.67. The summed E-state index contributed by atoms with van der Waals surface area (Å²) in [7, 11) is 0. The van der Waals surface area contributed by atoms with Gasteiger partial charge in [-0.25, -0.2) is 0 Å². The van der Waals surface area contributed by atoms with E-state index in [0.717, 1.165) is 12.5 Å². The van der Waals surface area contributed by atoms with Gasteiger partial charge in [-0.15, -0.1) is 0 Å². The van der Waals surface area contributed by atoms with Crippen LogP contribution in [0.1, 0.15) is 53.4 Å². The Labute approximate surface area is 82.9 Å². The molecule has 0 heterocycles. The van der Waals surface area contributed by atoms with E-state index < -0.39 is 0 Å². The summed E-state index contributed by atoms with van der Waals surface area (Å²) in [5, 5.41) is 0. The van der Waals surface area contributed by atoms with Crippen molar-refractivity contribution in [2.75, 3.05) is 6.61 Å². The Morgan fingerprint density at radius 2 is 1.77 bits per heavy atom. The minimum atomic E-state index is 0.317. The van der Waals surface area contributed by atoms with Crippen molar-refractivity contribution < 1.29 is 4.74 Å². The van der Waals surface area contributed by atoms with E-state index in [1.807, 2.05) is 0 Å². The van der Waals surface area contributed by atoms with E-state index in [1.165, 1.54) is 25.7 Å². The average molecular weight is 184 g/mol. The monoisotopic (exact) mass is 184 g/mol. The summed E-state index contributed by atoms with van der Waals surface area (Å²) in [5.41, 5.74) is 0.317. The van der Waals surface area contributed by atoms with E-state index in [0.29, 0.717) is 11.5 Å². The Morgan fingerprint density at radius 3 is 2.31 bits per heavy atom. The van der Waals surface area contributed by atoms with Crippen LogP contribution in [0.15, 0.2) is 0 Å². The van der Waals surface area contributed by atoms with Gasteiger partial charge in [0, 0.05) is 0 Å². The smallest absolute Gasteiger partial charge is 0.0600 e. The molecule has 1 aliphatic rings. The minimum Gasteiger partial charge on any atom is -0.377 e. The maximum atomic E-state index is 5.96. The Balaban J connectivity index is 2.27. The second kappa shape index (κ2) is 4.45. The molecular formula is C12H24O. The molecular weight excluding hydrogens is 160 g/mol. The van der Waals surface area contributed by atoms with Crippen molar-refractivity contribution in [2.45, 2.75) is 59.5 Å². The SMILES string of the molecule is CC1CCCCC1OCC(C)(C)C. The van der Waals surface area contributed by atoms with Crippen LogP contribution < -0.4 is 0 Å². The van der Waals surface area contributed by atoms with Crippen LogP contribution in [0.3, 0.4) is 0 Å². The van der Waals surface area contributed by atoms with Crippen molar-refractivity contribution in [3.63, 3.8) is 0 Å². The quantitative estimate of drug-likeness (QED) is 0.637. The molecule has 1 saturated carbocycles. The highest BCUT2D eigenvalue weighted by atomic mass is 16.5. The van der Waals surface area contributed by atoms with Crippen LogP contribution in [0.5, 0.6) is 0 Å². The molecule has 1 rings (SSSR count). The summed E-state index contributed by atoms with van der Waals surface area (Å²) in [4.78, 5) is 0. The summed E-state index contributed by atoms with van der Waals surface area (Å²) >= 11 is 0. The number of hydrogen-bond donors (Lipinski definition) is 0. The lowest BCUT2D eigenvalue weighted by Gasteiger charge is -2.31. The van der Waals surface area contributed by atoms with Crippen molar-refractivity contribution in [3.8, 4) is 0 Å². The molecule has 78 valence electrons. The van der Waals surface area contributed by atoms with Crippen molar-refractivity contribution in [2.24, 2.45) is 11.3 Å². The van der Waals surface area contributed by atoms with Gasteiger partial charge in [0.1, 0.15) is 0 Å². The van der Waals surface area contributed by atoms with Crippen LogP contribution in [0.2, 0.25) is 0 Å².